The van der Waals surface area contributed by atoms with Crippen LogP contribution in [-0.2, 0) is 10.5 Å². The molecule has 1 aromatic heterocycles. The zero-order valence-corrected chi connectivity index (χ0v) is 19.5. The molecular weight excluding hydrogens is 461 g/mol. The van der Waals surface area contributed by atoms with Gasteiger partial charge in [0.1, 0.15) is 0 Å². The van der Waals surface area contributed by atoms with Crippen molar-refractivity contribution in [2.75, 3.05) is 5.75 Å². The second-order valence-electron chi connectivity index (χ2n) is 6.64. The number of hydrogen-bond donors (Lipinski definition) is 1. The van der Waals surface area contributed by atoms with Crippen molar-refractivity contribution in [1.82, 2.24) is 9.99 Å². The Morgan fingerprint density at radius 1 is 1.10 bits per heavy atom. The van der Waals surface area contributed by atoms with Crippen LogP contribution in [-0.4, -0.2) is 22.4 Å². The summed E-state index contributed by atoms with van der Waals surface area (Å²) in [4.78, 5) is 12.0. The number of halogens is 3. The standard InChI is InChI=1S/C22H20Cl3N3OS/c1-14-9-17(15(2)28(14)21-8-7-18(23)10-20(21)25)11-26-27-22(29)13-30-12-16-5-3-4-6-19(16)24/h3-11H,12-13H2,1-2H3,(H,27,29)/b26-11-. The fourth-order valence-electron chi connectivity index (χ4n) is 3.03. The van der Waals surface area contributed by atoms with Gasteiger partial charge in [0.05, 0.1) is 22.7 Å². The molecule has 0 unspecified atom stereocenters. The van der Waals surface area contributed by atoms with Gasteiger partial charge in [-0.3, -0.25) is 4.79 Å². The van der Waals surface area contributed by atoms with Crippen LogP contribution < -0.4 is 5.43 Å². The minimum absolute atomic E-state index is 0.169. The molecule has 0 aliphatic heterocycles. The average Bonchev–Trinajstić information content (AvgIpc) is 2.97. The Balaban J connectivity index is 1.60. The number of thioether (sulfide) groups is 1. The van der Waals surface area contributed by atoms with E-state index >= 15 is 0 Å². The third kappa shape index (κ3) is 5.61. The minimum atomic E-state index is -0.169. The minimum Gasteiger partial charge on any atom is -0.316 e. The number of amides is 1. The van der Waals surface area contributed by atoms with E-state index in [4.69, 9.17) is 34.8 Å². The third-order valence-electron chi connectivity index (χ3n) is 4.46. The molecule has 0 fully saturated rings. The van der Waals surface area contributed by atoms with E-state index < -0.39 is 0 Å². The molecule has 0 bridgehead atoms. The van der Waals surface area contributed by atoms with Crippen LogP contribution in [0, 0.1) is 13.8 Å². The van der Waals surface area contributed by atoms with Crippen molar-refractivity contribution in [1.29, 1.82) is 0 Å². The first-order chi connectivity index (χ1) is 14.4. The Morgan fingerprint density at radius 2 is 1.87 bits per heavy atom. The third-order valence-corrected chi connectivity index (χ3v) is 6.35. The molecule has 2 aromatic carbocycles. The predicted octanol–water partition coefficient (Wildman–Crippen LogP) is 6.44. The summed E-state index contributed by atoms with van der Waals surface area (Å²) in [5, 5.41) is 5.96. The van der Waals surface area contributed by atoms with Crippen molar-refractivity contribution < 1.29 is 4.79 Å². The molecule has 4 nitrogen and oxygen atoms in total. The Morgan fingerprint density at radius 3 is 2.60 bits per heavy atom. The van der Waals surface area contributed by atoms with E-state index in [0.717, 1.165) is 28.2 Å². The Bertz CT molecular complexity index is 1100. The first kappa shape index (κ1) is 22.8. The molecule has 1 N–H and O–H groups in total. The zero-order chi connectivity index (χ0) is 21.7. The van der Waals surface area contributed by atoms with Gasteiger partial charge in [-0.1, -0.05) is 53.0 Å². The molecule has 156 valence electrons. The van der Waals surface area contributed by atoms with Crippen molar-refractivity contribution in [3.05, 3.63) is 86.1 Å². The lowest BCUT2D eigenvalue weighted by Gasteiger charge is -2.11. The predicted molar refractivity (Wildman–Crippen MR) is 129 cm³/mol. The molecule has 0 saturated heterocycles. The van der Waals surface area contributed by atoms with E-state index in [0.29, 0.717) is 26.6 Å². The fraction of sp³-hybridized carbons (Fsp3) is 0.182. The Kier molecular flexibility index (Phi) is 7.89. The summed E-state index contributed by atoms with van der Waals surface area (Å²) in [5.41, 5.74) is 7.27. The van der Waals surface area contributed by atoms with E-state index in [1.54, 1.807) is 18.3 Å². The van der Waals surface area contributed by atoms with Crippen LogP contribution in [0.4, 0.5) is 0 Å². The summed E-state index contributed by atoms with van der Waals surface area (Å²) in [5.74, 6) is 0.791. The van der Waals surface area contributed by atoms with Gasteiger partial charge in [-0.05, 0) is 49.7 Å². The lowest BCUT2D eigenvalue weighted by molar-refractivity contribution is -0.118. The van der Waals surface area contributed by atoms with Crippen LogP contribution in [0.3, 0.4) is 0 Å². The van der Waals surface area contributed by atoms with Crippen LogP contribution >= 0.6 is 46.6 Å². The highest BCUT2D eigenvalue weighted by atomic mass is 35.5. The average molecular weight is 481 g/mol. The molecule has 0 saturated carbocycles. The molecule has 30 heavy (non-hydrogen) atoms. The maximum Gasteiger partial charge on any atom is 0.250 e. The number of nitrogens with zero attached hydrogens (tertiary/aromatic N) is 2. The van der Waals surface area contributed by atoms with E-state index in [9.17, 15) is 4.79 Å². The molecule has 0 aliphatic carbocycles. The smallest absolute Gasteiger partial charge is 0.250 e. The summed E-state index contributed by atoms with van der Waals surface area (Å²) in [6, 6.07) is 15.0. The Hall–Kier alpha value is -1.92. The molecule has 0 spiro atoms. The first-order valence-corrected chi connectivity index (χ1v) is 11.4. The summed E-state index contributed by atoms with van der Waals surface area (Å²) >= 11 is 20.0. The molecule has 3 aromatic rings. The van der Waals surface area contributed by atoms with Crippen molar-refractivity contribution in [2.24, 2.45) is 5.10 Å². The molecule has 3 rings (SSSR count). The monoisotopic (exact) mass is 479 g/mol. The number of aryl methyl sites for hydroxylation is 1. The molecule has 8 heteroatoms. The van der Waals surface area contributed by atoms with E-state index in [1.165, 1.54) is 11.8 Å². The van der Waals surface area contributed by atoms with Gasteiger partial charge in [0, 0.05) is 32.7 Å². The number of benzene rings is 2. The Labute approximate surface area is 195 Å². The second-order valence-corrected chi connectivity index (χ2v) is 8.87. The molecular formula is C22H20Cl3N3OS. The first-order valence-electron chi connectivity index (χ1n) is 9.14. The van der Waals surface area contributed by atoms with Crippen LogP contribution in [0.25, 0.3) is 5.69 Å². The van der Waals surface area contributed by atoms with Crippen molar-refractivity contribution in [2.45, 2.75) is 19.6 Å². The van der Waals surface area contributed by atoms with Crippen molar-refractivity contribution in [3.63, 3.8) is 0 Å². The van der Waals surface area contributed by atoms with Gasteiger partial charge in [0.2, 0.25) is 5.91 Å². The number of hydrogen-bond acceptors (Lipinski definition) is 3. The van der Waals surface area contributed by atoms with Gasteiger partial charge in [-0.15, -0.1) is 11.8 Å². The van der Waals surface area contributed by atoms with Gasteiger partial charge >= 0.3 is 0 Å². The second kappa shape index (κ2) is 10.4. The van der Waals surface area contributed by atoms with Crippen molar-refractivity contribution in [3.8, 4) is 5.69 Å². The number of carbonyl (C=O) groups excluding carboxylic acids is 1. The van der Waals surface area contributed by atoms with E-state index in [1.807, 2.05) is 54.8 Å². The number of nitrogens with one attached hydrogen (secondary N) is 1. The van der Waals surface area contributed by atoms with Gasteiger partial charge in [-0.25, -0.2) is 5.43 Å². The van der Waals surface area contributed by atoms with Crippen LogP contribution in [0.5, 0.6) is 0 Å². The highest BCUT2D eigenvalue weighted by molar-refractivity contribution is 7.99. The maximum atomic E-state index is 12.0. The quantitative estimate of drug-likeness (QED) is 0.312. The lowest BCUT2D eigenvalue weighted by Crippen LogP contribution is -2.19. The molecule has 0 radical (unpaired) electrons. The maximum absolute atomic E-state index is 12.0. The fourth-order valence-corrected chi connectivity index (χ4v) is 4.63. The molecule has 1 heterocycles. The van der Waals surface area contributed by atoms with Gasteiger partial charge in [0.15, 0.2) is 0 Å². The van der Waals surface area contributed by atoms with Gasteiger partial charge < -0.3 is 4.57 Å². The summed E-state index contributed by atoms with van der Waals surface area (Å²) < 4.78 is 2.03. The highest BCUT2D eigenvalue weighted by Gasteiger charge is 2.12. The number of aromatic nitrogens is 1. The molecule has 1 amide bonds. The SMILES string of the molecule is Cc1cc(/C=N\NC(=O)CSCc2ccccc2Cl)c(C)n1-c1ccc(Cl)cc1Cl. The van der Waals surface area contributed by atoms with E-state index in [2.05, 4.69) is 10.5 Å². The summed E-state index contributed by atoms with van der Waals surface area (Å²) in [7, 11) is 0. The summed E-state index contributed by atoms with van der Waals surface area (Å²) in [6.45, 7) is 3.96. The largest absolute Gasteiger partial charge is 0.316 e. The van der Waals surface area contributed by atoms with Gasteiger partial charge in [-0.2, -0.15) is 5.10 Å². The number of hydrazone groups is 1. The van der Waals surface area contributed by atoms with Crippen LogP contribution in [0.1, 0.15) is 22.5 Å². The van der Waals surface area contributed by atoms with Crippen LogP contribution in [0.2, 0.25) is 15.1 Å². The topological polar surface area (TPSA) is 46.4 Å². The molecule has 0 aliphatic rings. The highest BCUT2D eigenvalue weighted by Crippen LogP contribution is 2.28. The zero-order valence-electron chi connectivity index (χ0n) is 16.5. The lowest BCUT2D eigenvalue weighted by atomic mass is 10.2. The van der Waals surface area contributed by atoms with Gasteiger partial charge in [0.25, 0.3) is 0 Å². The number of carbonyl (C=O) groups is 1. The van der Waals surface area contributed by atoms with Crippen LogP contribution in [0.15, 0.2) is 53.6 Å². The molecule has 0 atom stereocenters. The van der Waals surface area contributed by atoms with E-state index in [-0.39, 0.29) is 5.91 Å². The number of rotatable bonds is 7. The van der Waals surface area contributed by atoms with Crippen molar-refractivity contribution >= 4 is 58.7 Å². The summed E-state index contributed by atoms with van der Waals surface area (Å²) in [6.07, 6.45) is 1.64. The normalized spacial score (nSPS) is 11.2.